The number of fused-ring (bicyclic) bond motifs is 1. The van der Waals surface area contributed by atoms with E-state index in [1.54, 1.807) is 7.11 Å². The molecule has 0 radical (unpaired) electrons. The monoisotopic (exact) mass is 379 g/mol. The molecule has 0 aliphatic rings. The smallest absolute Gasteiger partial charge is 0.220 e. The lowest BCUT2D eigenvalue weighted by Gasteiger charge is -2.18. The highest BCUT2D eigenvalue weighted by molar-refractivity contribution is 5.86. The van der Waals surface area contributed by atoms with Crippen LogP contribution in [0.1, 0.15) is 23.5 Å². The van der Waals surface area contributed by atoms with E-state index in [2.05, 4.69) is 45.2 Å². The average molecular weight is 380 g/mol. The third-order valence-electron chi connectivity index (χ3n) is 5.09. The second-order valence-electron chi connectivity index (χ2n) is 7.40. The minimum Gasteiger partial charge on any atom is -0.497 e. The molecule has 3 rings (SSSR count). The van der Waals surface area contributed by atoms with Gasteiger partial charge in [-0.1, -0.05) is 30.3 Å². The molecule has 148 valence electrons. The first-order valence-electron chi connectivity index (χ1n) is 9.59. The number of aryl methyl sites for hydroxylation is 1. The lowest BCUT2D eigenvalue weighted by molar-refractivity contribution is -0.121. The largest absolute Gasteiger partial charge is 0.497 e. The van der Waals surface area contributed by atoms with Gasteiger partial charge in [0.15, 0.2) is 0 Å². The number of methoxy groups -OCH3 is 1. The van der Waals surface area contributed by atoms with Gasteiger partial charge in [-0.15, -0.1) is 0 Å². The maximum Gasteiger partial charge on any atom is 0.220 e. The van der Waals surface area contributed by atoms with Gasteiger partial charge in [-0.05, 0) is 43.4 Å². The molecule has 1 N–H and O–H groups in total. The summed E-state index contributed by atoms with van der Waals surface area (Å²) >= 11 is 0. The zero-order valence-corrected chi connectivity index (χ0v) is 17.1. The fourth-order valence-electron chi connectivity index (χ4n) is 3.57. The van der Waals surface area contributed by atoms with Gasteiger partial charge >= 0.3 is 0 Å². The van der Waals surface area contributed by atoms with E-state index in [9.17, 15) is 4.79 Å². The van der Waals surface area contributed by atoms with E-state index in [-0.39, 0.29) is 11.8 Å². The molecule has 1 atom stereocenters. The summed E-state index contributed by atoms with van der Waals surface area (Å²) in [5.74, 6) is 0.864. The second-order valence-corrected chi connectivity index (χ2v) is 7.40. The molecule has 1 aromatic heterocycles. The summed E-state index contributed by atoms with van der Waals surface area (Å²) in [6.45, 7) is 1.48. The number of benzene rings is 2. The lowest BCUT2D eigenvalue weighted by Crippen LogP contribution is -2.32. The number of nitrogens with zero attached hydrogens (tertiary/aromatic N) is 2. The number of aromatic nitrogens is 1. The van der Waals surface area contributed by atoms with Gasteiger partial charge in [0, 0.05) is 49.6 Å². The van der Waals surface area contributed by atoms with Crippen LogP contribution in [-0.4, -0.2) is 49.7 Å². The van der Waals surface area contributed by atoms with Crippen LogP contribution in [0.25, 0.3) is 10.9 Å². The number of carbonyl (C=O) groups is 1. The first-order valence-corrected chi connectivity index (χ1v) is 9.59. The van der Waals surface area contributed by atoms with E-state index in [1.165, 1.54) is 16.5 Å². The van der Waals surface area contributed by atoms with Gasteiger partial charge < -0.3 is 19.5 Å². The highest BCUT2D eigenvalue weighted by Crippen LogP contribution is 2.35. The quantitative estimate of drug-likeness (QED) is 0.653. The Balaban J connectivity index is 1.93. The van der Waals surface area contributed by atoms with Gasteiger partial charge in [-0.25, -0.2) is 0 Å². The van der Waals surface area contributed by atoms with Crippen molar-refractivity contribution in [2.24, 2.45) is 7.05 Å². The Kier molecular flexibility index (Phi) is 6.37. The van der Waals surface area contributed by atoms with E-state index in [4.69, 9.17) is 4.74 Å². The number of para-hydroxylation sites is 1. The standard InChI is InChI=1S/C23H29N3O2/c1-25(2)14-13-24-23(27)15-20(17-9-11-18(28-4)12-10-17)21-16-26(3)22-8-6-5-7-19(21)22/h5-12,16,20H,13-15H2,1-4H3,(H,24,27). The molecule has 0 spiro atoms. The van der Waals surface area contributed by atoms with Crippen LogP contribution in [0.4, 0.5) is 0 Å². The molecule has 0 aliphatic heterocycles. The summed E-state index contributed by atoms with van der Waals surface area (Å²) in [6, 6.07) is 16.4. The fraction of sp³-hybridized carbons (Fsp3) is 0.348. The van der Waals surface area contributed by atoms with Gasteiger partial charge in [0.1, 0.15) is 5.75 Å². The predicted molar refractivity (Wildman–Crippen MR) is 114 cm³/mol. The Bertz CT molecular complexity index is 929. The summed E-state index contributed by atoms with van der Waals surface area (Å²) in [7, 11) is 7.72. The highest BCUT2D eigenvalue weighted by Gasteiger charge is 2.22. The van der Waals surface area contributed by atoms with Crippen molar-refractivity contribution in [2.45, 2.75) is 12.3 Å². The summed E-state index contributed by atoms with van der Waals surface area (Å²) in [6.07, 6.45) is 2.56. The van der Waals surface area contributed by atoms with Crippen LogP contribution >= 0.6 is 0 Å². The molecule has 1 amide bonds. The zero-order valence-electron chi connectivity index (χ0n) is 17.1. The van der Waals surface area contributed by atoms with E-state index in [1.807, 2.05) is 45.4 Å². The number of likely N-dealkylation sites (N-methyl/N-ethyl adjacent to an activating group) is 1. The van der Waals surface area contributed by atoms with Crippen LogP contribution in [0.5, 0.6) is 5.75 Å². The number of rotatable bonds is 8. The molecule has 0 aliphatic carbocycles. The Labute approximate surface area is 166 Å². The Morgan fingerprint density at radius 2 is 1.86 bits per heavy atom. The van der Waals surface area contributed by atoms with Crippen molar-refractivity contribution in [3.63, 3.8) is 0 Å². The minimum absolute atomic E-state index is 0.0173. The second kappa shape index (κ2) is 8.93. The average Bonchev–Trinajstić information content (AvgIpc) is 3.03. The van der Waals surface area contributed by atoms with Gasteiger partial charge in [0.2, 0.25) is 5.91 Å². The molecule has 5 nitrogen and oxygen atoms in total. The number of hydrogen-bond acceptors (Lipinski definition) is 3. The molecule has 0 saturated carbocycles. The molecule has 0 saturated heterocycles. The van der Waals surface area contributed by atoms with Gasteiger partial charge in [-0.3, -0.25) is 4.79 Å². The molecule has 0 fully saturated rings. The van der Waals surface area contributed by atoms with E-state index < -0.39 is 0 Å². The zero-order chi connectivity index (χ0) is 20.1. The summed E-state index contributed by atoms with van der Waals surface area (Å²) < 4.78 is 7.43. The van der Waals surface area contributed by atoms with E-state index >= 15 is 0 Å². The summed E-state index contributed by atoms with van der Waals surface area (Å²) in [5, 5.41) is 4.24. The molecular formula is C23H29N3O2. The maximum atomic E-state index is 12.7. The van der Waals surface area contributed by atoms with Crippen LogP contribution in [0, 0.1) is 0 Å². The van der Waals surface area contributed by atoms with Crippen molar-refractivity contribution < 1.29 is 9.53 Å². The Morgan fingerprint density at radius 1 is 1.14 bits per heavy atom. The summed E-state index contributed by atoms with van der Waals surface area (Å²) in [4.78, 5) is 14.7. The van der Waals surface area contributed by atoms with Gasteiger partial charge in [0.25, 0.3) is 0 Å². The SMILES string of the molecule is COc1ccc(C(CC(=O)NCCN(C)C)c2cn(C)c3ccccc23)cc1. The van der Waals surface area contributed by atoms with Crippen molar-refractivity contribution in [3.8, 4) is 5.75 Å². The van der Waals surface area contributed by atoms with E-state index in [0.717, 1.165) is 17.9 Å². The van der Waals surface area contributed by atoms with Crippen LogP contribution in [0.15, 0.2) is 54.7 Å². The first kappa shape index (κ1) is 20.0. The Morgan fingerprint density at radius 3 is 2.54 bits per heavy atom. The molecule has 1 unspecified atom stereocenters. The molecule has 5 heteroatoms. The van der Waals surface area contributed by atoms with Gasteiger partial charge in [-0.2, -0.15) is 0 Å². The predicted octanol–water partition coefficient (Wildman–Crippen LogP) is 3.39. The number of carbonyl (C=O) groups excluding carboxylic acids is 1. The first-order chi connectivity index (χ1) is 13.5. The van der Waals surface area contributed by atoms with Crippen molar-refractivity contribution >= 4 is 16.8 Å². The molecule has 1 heterocycles. The summed E-state index contributed by atoms with van der Waals surface area (Å²) in [5.41, 5.74) is 3.45. The molecule has 0 bridgehead atoms. The van der Waals surface area contributed by atoms with Crippen molar-refractivity contribution in [3.05, 3.63) is 65.9 Å². The number of hydrogen-bond donors (Lipinski definition) is 1. The van der Waals surface area contributed by atoms with Crippen molar-refractivity contribution in [1.82, 2.24) is 14.8 Å². The maximum absolute atomic E-state index is 12.7. The van der Waals surface area contributed by atoms with E-state index in [0.29, 0.717) is 13.0 Å². The number of nitrogens with one attached hydrogen (secondary N) is 1. The lowest BCUT2D eigenvalue weighted by atomic mass is 9.88. The number of ether oxygens (including phenoxy) is 1. The fourth-order valence-corrected chi connectivity index (χ4v) is 3.57. The molecule has 28 heavy (non-hydrogen) atoms. The van der Waals surface area contributed by atoms with Crippen molar-refractivity contribution in [1.29, 1.82) is 0 Å². The van der Waals surface area contributed by atoms with Crippen molar-refractivity contribution in [2.75, 3.05) is 34.3 Å². The number of amides is 1. The molecular weight excluding hydrogens is 350 g/mol. The van der Waals surface area contributed by atoms with Crippen LogP contribution in [0.3, 0.4) is 0 Å². The normalized spacial score (nSPS) is 12.3. The third-order valence-corrected chi connectivity index (χ3v) is 5.09. The minimum atomic E-state index is -0.0173. The van der Waals surface area contributed by atoms with Crippen LogP contribution in [0.2, 0.25) is 0 Å². The highest BCUT2D eigenvalue weighted by atomic mass is 16.5. The molecule has 2 aromatic carbocycles. The Hall–Kier alpha value is -2.79. The van der Waals surface area contributed by atoms with Crippen LogP contribution in [-0.2, 0) is 11.8 Å². The third kappa shape index (κ3) is 4.54. The topological polar surface area (TPSA) is 46.5 Å². The van der Waals surface area contributed by atoms with Crippen LogP contribution < -0.4 is 10.1 Å². The van der Waals surface area contributed by atoms with Gasteiger partial charge in [0.05, 0.1) is 7.11 Å². The molecule has 3 aromatic rings.